The summed E-state index contributed by atoms with van der Waals surface area (Å²) in [6.07, 6.45) is 3.12. The van der Waals surface area contributed by atoms with Gasteiger partial charge in [-0.05, 0) is 90.4 Å². The molecular formula is C35H32N2O6. The fourth-order valence-corrected chi connectivity index (χ4v) is 6.29. The van der Waals surface area contributed by atoms with Gasteiger partial charge in [0.05, 0.1) is 24.7 Å². The summed E-state index contributed by atoms with van der Waals surface area (Å²) in [5, 5.41) is 19.3. The number of hydrogen-bond donors (Lipinski definition) is 1. The Labute approximate surface area is 249 Å². The van der Waals surface area contributed by atoms with Crippen molar-refractivity contribution in [2.24, 2.45) is 7.05 Å². The van der Waals surface area contributed by atoms with Gasteiger partial charge in [-0.1, -0.05) is 12.1 Å². The van der Waals surface area contributed by atoms with Crippen LogP contribution < -0.4 is 19.8 Å². The van der Waals surface area contributed by atoms with E-state index in [2.05, 4.69) is 6.07 Å². The number of carboxylic acids is 1. The summed E-state index contributed by atoms with van der Waals surface area (Å²) < 4.78 is 19.8. The minimum atomic E-state index is -0.843. The Morgan fingerprint density at radius 1 is 1.05 bits per heavy atom. The Morgan fingerprint density at radius 2 is 1.81 bits per heavy atom. The number of nitriles is 1. The van der Waals surface area contributed by atoms with Crippen LogP contribution in [0.2, 0.25) is 0 Å². The van der Waals surface area contributed by atoms with Gasteiger partial charge in [0.2, 0.25) is 0 Å². The number of carbonyl (C=O) groups is 1. The standard InChI is InChI=1S/C35H32N2O6/c1-20-12-26(41-18-22-10-11-37(3)32(38)14-22)13-21(2)34(20)35-23(17-36)4-6-28-29(35)8-9-30(28)43-25-5-7-27-24(15-33(39)40)19-42-31(27)16-25/h4-7,10-14,16,24,30H,8-9,15,18-19H2,1-3H3,(H,39,40). The van der Waals surface area contributed by atoms with Crippen molar-refractivity contribution in [1.29, 1.82) is 5.26 Å². The third-order valence-electron chi connectivity index (χ3n) is 8.37. The van der Waals surface area contributed by atoms with Crippen LogP contribution in [0.3, 0.4) is 0 Å². The zero-order valence-electron chi connectivity index (χ0n) is 24.3. The van der Waals surface area contributed by atoms with Crippen molar-refractivity contribution in [2.75, 3.05) is 6.61 Å². The zero-order valence-corrected chi connectivity index (χ0v) is 24.3. The predicted octanol–water partition coefficient (Wildman–Crippen LogP) is 6.14. The van der Waals surface area contributed by atoms with E-state index in [0.29, 0.717) is 29.4 Å². The van der Waals surface area contributed by atoms with Gasteiger partial charge in [0.25, 0.3) is 5.56 Å². The van der Waals surface area contributed by atoms with Crippen molar-refractivity contribution in [3.8, 4) is 34.4 Å². The molecule has 0 radical (unpaired) electrons. The molecule has 6 rings (SSSR count). The average Bonchev–Trinajstić information content (AvgIpc) is 3.56. The first-order valence-corrected chi connectivity index (χ1v) is 14.3. The molecule has 3 aromatic carbocycles. The third-order valence-corrected chi connectivity index (χ3v) is 8.37. The van der Waals surface area contributed by atoms with Gasteiger partial charge < -0.3 is 23.9 Å². The summed E-state index contributed by atoms with van der Waals surface area (Å²) in [6, 6.07) is 19.3. The van der Waals surface area contributed by atoms with Crippen LogP contribution in [0.4, 0.5) is 0 Å². The van der Waals surface area contributed by atoms with Crippen LogP contribution in [-0.2, 0) is 24.9 Å². The second kappa shape index (κ2) is 11.3. The van der Waals surface area contributed by atoms with Crippen LogP contribution in [0.1, 0.15) is 63.8 Å². The topological polar surface area (TPSA) is 111 Å². The molecule has 1 N–H and O–H groups in total. The first-order valence-electron chi connectivity index (χ1n) is 14.3. The molecular weight excluding hydrogens is 544 g/mol. The molecule has 0 saturated carbocycles. The zero-order chi connectivity index (χ0) is 30.2. The first kappa shape index (κ1) is 28.1. The number of rotatable bonds is 8. The number of hydrogen-bond acceptors (Lipinski definition) is 6. The van der Waals surface area contributed by atoms with E-state index in [0.717, 1.165) is 57.3 Å². The summed E-state index contributed by atoms with van der Waals surface area (Å²) in [6.45, 7) is 4.69. The summed E-state index contributed by atoms with van der Waals surface area (Å²) >= 11 is 0. The van der Waals surface area contributed by atoms with Gasteiger partial charge in [-0.2, -0.15) is 5.26 Å². The Morgan fingerprint density at radius 3 is 2.53 bits per heavy atom. The lowest BCUT2D eigenvalue weighted by atomic mass is 9.87. The molecule has 0 bridgehead atoms. The number of fused-ring (bicyclic) bond motifs is 2. The summed E-state index contributed by atoms with van der Waals surface area (Å²) in [7, 11) is 1.71. The SMILES string of the molecule is Cc1cc(OCc2ccn(C)c(=O)c2)cc(C)c1-c1c(C#N)ccc2c1CCC2Oc1ccc2c(c1)OCC2CC(=O)O. The number of aromatic nitrogens is 1. The van der Waals surface area contributed by atoms with E-state index in [1.807, 2.05) is 62.4 Å². The van der Waals surface area contributed by atoms with Gasteiger partial charge in [-0.15, -0.1) is 0 Å². The Kier molecular flexibility index (Phi) is 7.41. The molecule has 0 spiro atoms. The number of pyridine rings is 1. The van der Waals surface area contributed by atoms with Crippen LogP contribution in [0.15, 0.2) is 65.6 Å². The average molecular weight is 577 g/mol. The van der Waals surface area contributed by atoms with E-state index < -0.39 is 5.97 Å². The van der Waals surface area contributed by atoms with Crippen LogP contribution in [-0.4, -0.2) is 22.2 Å². The summed E-state index contributed by atoms with van der Waals surface area (Å²) in [5.41, 5.74) is 8.37. The van der Waals surface area contributed by atoms with Crippen molar-refractivity contribution >= 4 is 5.97 Å². The second-order valence-corrected chi connectivity index (χ2v) is 11.3. The number of benzene rings is 3. The first-order chi connectivity index (χ1) is 20.7. The van der Waals surface area contributed by atoms with E-state index in [-0.39, 0.29) is 30.6 Å². The third kappa shape index (κ3) is 5.46. The number of aliphatic carboxylic acids is 1. The highest BCUT2D eigenvalue weighted by Gasteiger charge is 2.31. The van der Waals surface area contributed by atoms with Crippen LogP contribution in [0.25, 0.3) is 11.1 Å². The van der Waals surface area contributed by atoms with Crippen molar-refractivity contribution in [3.05, 3.63) is 110 Å². The van der Waals surface area contributed by atoms with E-state index in [1.165, 1.54) is 4.57 Å². The molecule has 43 heavy (non-hydrogen) atoms. The van der Waals surface area contributed by atoms with Gasteiger partial charge in [0.1, 0.15) is 30.0 Å². The maximum atomic E-state index is 12.0. The Hall–Kier alpha value is -5.03. The smallest absolute Gasteiger partial charge is 0.304 e. The van der Waals surface area contributed by atoms with Gasteiger partial charge in [-0.25, -0.2) is 0 Å². The fraction of sp³-hybridized carbons (Fsp3) is 0.286. The molecule has 2 unspecified atom stereocenters. The largest absolute Gasteiger partial charge is 0.492 e. The maximum absolute atomic E-state index is 12.0. The van der Waals surface area contributed by atoms with Gasteiger partial charge >= 0.3 is 5.97 Å². The highest BCUT2D eigenvalue weighted by molar-refractivity contribution is 5.81. The van der Waals surface area contributed by atoms with Gasteiger partial charge in [0, 0.05) is 42.4 Å². The number of aryl methyl sites for hydroxylation is 3. The van der Waals surface area contributed by atoms with Crippen molar-refractivity contribution in [3.63, 3.8) is 0 Å². The molecule has 218 valence electrons. The summed E-state index contributed by atoms with van der Waals surface area (Å²) in [5.74, 6) is 1.05. The fourth-order valence-electron chi connectivity index (χ4n) is 6.29. The molecule has 0 saturated heterocycles. The van der Waals surface area contributed by atoms with Gasteiger partial charge in [-0.3, -0.25) is 9.59 Å². The molecule has 1 aliphatic carbocycles. The highest BCUT2D eigenvalue weighted by Crippen LogP contribution is 2.45. The predicted molar refractivity (Wildman–Crippen MR) is 161 cm³/mol. The molecule has 1 aliphatic heterocycles. The molecule has 0 amide bonds. The Bertz CT molecular complexity index is 1830. The minimum Gasteiger partial charge on any atom is -0.492 e. The van der Waals surface area contributed by atoms with Crippen LogP contribution in [0.5, 0.6) is 17.2 Å². The highest BCUT2D eigenvalue weighted by atomic mass is 16.5. The van der Waals surface area contributed by atoms with Crippen molar-refractivity contribution in [2.45, 2.75) is 51.7 Å². The molecule has 2 atom stereocenters. The normalized spacial score (nSPS) is 16.6. The lowest BCUT2D eigenvalue weighted by Gasteiger charge is -2.19. The number of carboxylic acid groups (broad SMARTS) is 1. The quantitative estimate of drug-likeness (QED) is 0.268. The molecule has 2 heterocycles. The molecule has 8 heteroatoms. The van der Waals surface area contributed by atoms with Crippen LogP contribution in [0, 0.1) is 25.2 Å². The minimum absolute atomic E-state index is 0.0351. The summed E-state index contributed by atoms with van der Waals surface area (Å²) in [4.78, 5) is 23.2. The van der Waals surface area contributed by atoms with E-state index in [4.69, 9.17) is 14.2 Å². The lowest BCUT2D eigenvalue weighted by molar-refractivity contribution is -0.137. The maximum Gasteiger partial charge on any atom is 0.304 e. The van der Waals surface area contributed by atoms with E-state index >= 15 is 0 Å². The second-order valence-electron chi connectivity index (χ2n) is 11.3. The molecule has 4 aromatic rings. The van der Waals surface area contributed by atoms with E-state index in [9.17, 15) is 20.0 Å². The van der Waals surface area contributed by atoms with Crippen LogP contribution >= 0.6 is 0 Å². The molecule has 0 fully saturated rings. The van der Waals surface area contributed by atoms with Crippen molar-refractivity contribution in [1.82, 2.24) is 4.57 Å². The van der Waals surface area contributed by atoms with Gasteiger partial charge in [0.15, 0.2) is 0 Å². The Balaban J connectivity index is 1.26. The molecule has 1 aromatic heterocycles. The lowest BCUT2D eigenvalue weighted by Crippen LogP contribution is -2.15. The van der Waals surface area contributed by atoms with Crippen molar-refractivity contribution < 1.29 is 24.1 Å². The molecule has 8 nitrogen and oxygen atoms in total. The monoisotopic (exact) mass is 576 g/mol. The van der Waals surface area contributed by atoms with E-state index in [1.54, 1.807) is 19.3 Å². The number of nitrogens with zero attached hydrogens (tertiary/aromatic N) is 2. The molecule has 2 aliphatic rings. The number of ether oxygens (including phenoxy) is 3.